The number of hydrogen-bond donors (Lipinski definition) is 2. The SMILES string of the molecule is CCCCC(CC)CNC(C)(CC)CO. The van der Waals surface area contributed by atoms with E-state index in [4.69, 9.17) is 0 Å². The van der Waals surface area contributed by atoms with E-state index in [-0.39, 0.29) is 12.1 Å². The molecule has 0 rings (SSSR count). The summed E-state index contributed by atoms with van der Waals surface area (Å²) in [5.41, 5.74) is -0.0837. The molecular formula is C13H29NO. The van der Waals surface area contributed by atoms with E-state index in [9.17, 15) is 5.11 Å². The fourth-order valence-electron chi connectivity index (χ4n) is 1.63. The van der Waals surface area contributed by atoms with Gasteiger partial charge in [-0.25, -0.2) is 0 Å². The molecular weight excluding hydrogens is 186 g/mol. The molecule has 0 aromatic heterocycles. The van der Waals surface area contributed by atoms with Gasteiger partial charge in [0.15, 0.2) is 0 Å². The van der Waals surface area contributed by atoms with Crippen molar-refractivity contribution in [1.82, 2.24) is 5.32 Å². The first-order chi connectivity index (χ1) is 7.11. The Hall–Kier alpha value is -0.0800. The van der Waals surface area contributed by atoms with Crippen molar-refractivity contribution in [3.63, 3.8) is 0 Å². The minimum Gasteiger partial charge on any atom is -0.394 e. The third kappa shape index (κ3) is 6.16. The predicted molar refractivity (Wildman–Crippen MR) is 67.1 cm³/mol. The number of unbranched alkanes of at least 4 members (excludes halogenated alkanes) is 1. The van der Waals surface area contributed by atoms with Gasteiger partial charge < -0.3 is 10.4 Å². The van der Waals surface area contributed by atoms with Crippen molar-refractivity contribution in [2.45, 2.75) is 65.3 Å². The Morgan fingerprint density at radius 2 is 1.93 bits per heavy atom. The van der Waals surface area contributed by atoms with Crippen molar-refractivity contribution in [3.05, 3.63) is 0 Å². The molecule has 0 amide bonds. The van der Waals surface area contributed by atoms with Gasteiger partial charge in [-0.3, -0.25) is 0 Å². The van der Waals surface area contributed by atoms with Crippen molar-refractivity contribution in [3.8, 4) is 0 Å². The third-order valence-electron chi connectivity index (χ3n) is 3.49. The molecule has 0 saturated carbocycles. The lowest BCUT2D eigenvalue weighted by Crippen LogP contribution is -2.47. The van der Waals surface area contributed by atoms with Gasteiger partial charge in [-0.2, -0.15) is 0 Å². The molecule has 0 radical (unpaired) electrons. The first kappa shape index (κ1) is 14.9. The Morgan fingerprint density at radius 3 is 2.33 bits per heavy atom. The average Bonchev–Trinajstić information content (AvgIpc) is 2.29. The monoisotopic (exact) mass is 215 g/mol. The second-order valence-electron chi connectivity index (χ2n) is 4.87. The fraction of sp³-hybridized carbons (Fsp3) is 1.00. The van der Waals surface area contributed by atoms with Crippen LogP contribution in [-0.2, 0) is 0 Å². The number of hydrogen-bond acceptors (Lipinski definition) is 2. The van der Waals surface area contributed by atoms with Crippen LogP contribution in [0.4, 0.5) is 0 Å². The molecule has 2 heteroatoms. The fourth-order valence-corrected chi connectivity index (χ4v) is 1.63. The highest BCUT2D eigenvalue weighted by atomic mass is 16.3. The molecule has 2 unspecified atom stereocenters. The second-order valence-corrected chi connectivity index (χ2v) is 4.87. The summed E-state index contributed by atoms with van der Waals surface area (Å²) in [4.78, 5) is 0. The Morgan fingerprint density at radius 1 is 1.27 bits per heavy atom. The Kier molecular flexibility index (Phi) is 8.07. The van der Waals surface area contributed by atoms with Crippen molar-refractivity contribution in [2.75, 3.05) is 13.2 Å². The molecule has 2 atom stereocenters. The molecule has 0 aromatic rings. The van der Waals surface area contributed by atoms with Gasteiger partial charge in [-0.05, 0) is 32.2 Å². The summed E-state index contributed by atoms with van der Waals surface area (Å²) < 4.78 is 0. The van der Waals surface area contributed by atoms with Crippen molar-refractivity contribution in [1.29, 1.82) is 0 Å². The average molecular weight is 215 g/mol. The number of rotatable bonds is 9. The van der Waals surface area contributed by atoms with E-state index in [0.29, 0.717) is 0 Å². The summed E-state index contributed by atoms with van der Waals surface area (Å²) in [6.45, 7) is 9.99. The number of aliphatic hydroxyl groups excluding tert-OH is 1. The molecule has 0 saturated heterocycles. The molecule has 0 aliphatic carbocycles. The van der Waals surface area contributed by atoms with E-state index in [1.807, 2.05) is 0 Å². The highest BCUT2D eigenvalue weighted by molar-refractivity contribution is 4.81. The van der Waals surface area contributed by atoms with E-state index in [2.05, 4.69) is 33.0 Å². The molecule has 0 aliphatic heterocycles. The van der Waals surface area contributed by atoms with Crippen LogP contribution in [0.25, 0.3) is 0 Å². The highest BCUT2D eigenvalue weighted by Crippen LogP contribution is 2.14. The zero-order valence-corrected chi connectivity index (χ0v) is 11.0. The maximum Gasteiger partial charge on any atom is 0.0610 e. The van der Waals surface area contributed by atoms with Gasteiger partial charge >= 0.3 is 0 Å². The van der Waals surface area contributed by atoms with Gasteiger partial charge in [0, 0.05) is 5.54 Å². The van der Waals surface area contributed by atoms with Crippen LogP contribution in [-0.4, -0.2) is 23.8 Å². The topological polar surface area (TPSA) is 32.3 Å². The minimum atomic E-state index is -0.0837. The van der Waals surface area contributed by atoms with Gasteiger partial charge in [0.2, 0.25) is 0 Å². The zero-order chi connectivity index (χ0) is 11.7. The molecule has 0 spiro atoms. The molecule has 0 fully saturated rings. The summed E-state index contributed by atoms with van der Waals surface area (Å²) in [5.74, 6) is 0.766. The molecule has 2 nitrogen and oxygen atoms in total. The van der Waals surface area contributed by atoms with Crippen LogP contribution in [0, 0.1) is 5.92 Å². The first-order valence-corrected chi connectivity index (χ1v) is 6.47. The summed E-state index contributed by atoms with van der Waals surface area (Å²) in [6.07, 6.45) is 6.13. The van der Waals surface area contributed by atoms with Crippen molar-refractivity contribution < 1.29 is 5.11 Å². The lowest BCUT2D eigenvalue weighted by atomic mass is 9.95. The normalized spacial score (nSPS) is 17.4. The first-order valence-electron chi connectivity index (χ1n) is 6.47. The van der Waals surface area contributed by atoms with Gasteiger partial charge in [0.05, 0.1) is 6.61 Å². The molecule has 0 aliphatic rings. The van der Waals surface area contributed by atoms with Crippen molar-refractivity contribution >= 4 is 0 Å². The Bertz CT molecular complexity index is 143. The molecule has 0 bridgehead atoms. The third-order valence-corrected chi connectivity index (χ3v) is 3.49. The minimum absolute atomic E-state index is 0.0837. The van der Waals surface area contributed by atoms with Crippen molar-refractivity contribution in [2.24, 2.45) is 5.92 Å². The van der Waals surface area contributed by atoms with Gasteiger partial charge in [-0.1, -0.05) is 40.0 Å². The van der Waals surface area contributed by atoms with Gasteiger partial charge in [-0.15, -0.1) is 0 Å². The summed E-state index contributed by atoms with van der Waals surface area (Å²) >= 11 is 0. The van der Waals surface area contributed by atoms with E-state index in [1.165, 1.54) is 25.7 Å². The second kappa shape index (κ2) is 8.12. The van der Waals surface area contributed by atoms with E-state index in [1.54, 1.807) is 0 Å². The Balaban J connectivity index is 3.87. The largest absolute Gasteiger partial charge is 0.394 e. The van der Waals surface area contributed by atoms with Gasteiger partial charge in [0.1, 0.15) is 0 Å². The quantitative estimate of drug-likeness (QED) is 0.620. The Labute approximate surface area is 95.5 Å². The lowest BCUT2D eigenvalue weighted by molar-refractivity contribution is 0.163. The smallest absolute Gasteiger partial charge is 0.0610 e. The summed E-state index contributed by atoms with van der Waals surface area (Å²) in [6, 6.07) is 0. The number of aliphatic hydroxyl groups is 1. The predicted octanol–water partition coefficient (Wildman–Crippen LogP) is 2.95. The van der Waals surface area contributed by atoms with Crippen LogP contribution in [0.1, 0.15) is 59.8 Å². The standard InChI is InChI=1S/C13H29NO/c1-5-8-9-12(6-2)10-14-13(4,7-3)11-15/h12,14-15H,5-11H2,1-4H3. The van der Waals surface area contributed by atoms with Crippen LogP contribution >= 0.6 is 0 Å². The molecule has 2 N–H and O–H groups in total. The molecule has 0 aromatic carbocycles. The molecule has 92 valence electrons. The van der Waals surface area contributed by atoms with Crippen LogP contribution in [0.3, 0.4) is 0 Å². The van der Waals surface area contributed by atoms with E-state index < -0.39 is 0 Å². The van der Waals surface area contributed by atoms with Crippen LogP contribution < -0.4 is 5.32 Å². The maximum atomic E-state index is 9.28. The van der Waals surface area contributed by atoms with Gasteiger partial charge in [0.25, 0.3) is 0 Å². The number of nitrogens with one attached hydrogen (secondary N) is 1. The van der Waals surface area contributed by atoms with E-state index in [0.717, 1.165) is 18.9 Å². The van der Waals surface area contributed by atoms with E-state index >= 15 is 0 Å². The summed E-state index contributed by atoms with van der Waals surface area (Å²) in [5, 5.41) is 12.8. The highest BCUT2D eigenvalue weighted by Gasteiger charge is 2.20. The molecule has 0 heterocycles. The van der Waals surface area contributed by atoms with Crippen LogP contribution in [0.15, 0.2) is 0 Å². The zero-order valence-electron chi connectivity index (χ0n) is 11.0. The lowest BCUT2D eigenvalue weighted by Gasteiger charge is -2.29. The van der Waals surface area contributed by atoms with Crippen LogP contribution in [0.2, 0.25) is 0 Å². The maximum absolute atomic E-state index is 9.28. The molecule has 15 heavy (non-hydrogen) atoms. The summed E-state index contributed by atoms with van der Waals surface area (Å²) in [7, 11) is 0. The van der Waals surface area contributed by atoms with Crippen LogP contribution in [0.5, 0.6) is 0 Å².